The van der Waals surface area contributed by atoms with Gasteiger partial charge in [-0.25, -0.2) is 0 Å². The van der Waals surface area contributed by atoms with Gasteiger partial charge in [-0.05, 0) is 24.8 Å². The van der Waals surface area contributed by atoms with E-state index in [1.807, 2.05) is 44.2 Å². The molecule has 0 saturated heterocycles. The first-order chi connectivity index (χ1) is 10.1. The molecule has 0 saturated carbocycles. The van der Waals surface area contributed by atoms with E-state index >= 15 is 0 Å². The number of hydrogen-bond acceptors (Lipinski definition) is 4. The Kier molecular flexibility index (Phi) is 8.01. The molecule has 0 fully saturated rings. The summed E-state index contributed by atoms with van der Waals surface area (Å²) in [5, 5.41) is 9.16. The van der Waals surface area contributed by atoms with Crippen LogP contribution in [0.25, 0.3) is 0 Å². The summed E-state index contributed by atoms with van der Waals surface area (Å²) in [5.74, 6) is 0.00316. The Morgan fingerprint density at radius 2 is 1.90 bits per heavy atom. The highest BCUT2D eigenvalue weighted by Crippen LogP contribution is 2.26. The van der Waals surface area contributed by atoms with Gasteiger partial charge >= 0.3 is 5.97 Å². The molecule has 0 amide bonds. The Hall–Kier alpha value is -1.39. The first-order valence-corrected chi connectivity index (χ1v) is 7.55. The molecule has 4 heteroatoms. The number of esters is 1. The lowest BCUT2D eigenvalue weighted by molar-refractivity contribution is -0.148. The normalized spacial score (nSPS) is 14.0. The molecule has 118 valence electrons. The van der Waals surface area contributed by atoms with Crippen molar-refractivity contribution < 1.29 is 19.4 Å². The molecule has 0 aliphatic rings. The molecule has 2 atom stereocenters. The molecular formula is C17H26O4. The maximum absolute atomic E-state index is 11.8. The Morgan fingerprint density at radius 3 is 2.43 bits per heavy atom. The van der Waals surface area contributed by atoms with Crippen molar-refractivity contribution in [1.82, 2.24) is 0 Å². The number of hydrogen-bond donors (Lipinski definition) is 1. The van der Waals surface area contributed by atoms with Crippen LogP contribution in [0.15, 0.2) is 30.3 Å². The van der Waals surface area contributed by atoms with Crippen molar-refractivity contribution >= 4 is 5.97 Å². The number of aliphatic hydroxyl groups is 1. The molecule has 0 bridgehead atoms. The van der Waals surface area contributed by atoms with Gasteiger partial charge in [0.2, 0.25) is 0 Å². The van der Waals surface area contributed by atoms with Crippen molar-refractivity contribution in [3.63, 3.8) is 0 Å². The fourth-order valence-electron chi connectivity index (χ4n) is 2.18. The molecule has 0 aliphatic heterocycles. The average Bonchev–Trinajstić information content (AvgIpc) is 2.47. The number of ether oxygens (including phenoxy) is 2. The lowest BCUT2D eigenvalue weighted by Crippen LogP contribution is -2.25. The van der Waals surface area contributed by atoms with E-state index in [9.17, 15) is 4.79 Å². The Morgan fingerprint density at radius 1 is 1.24 bits per heavy atom. The van der Waals surface area contributed by atoms with Crippen LogP contribution >= 0.6 is 0 Å². The molecule has 1 rings (SSSR count). The van der Waals surface area contributed by atoms with Crippen LogP contribution in [-0.4, -0.2) is 30.4 Å². The van der Waals surface area contributed by atoms with E-state index < -0.39 is 0 Å². The van der Waals surface area contributed by atoms with E-state index in [0.717, 1.165) is 5.56 Å². The minimum absolute atomic E-state index is 0.0732. The van der Waals surface area contributed by atoms with Crippen molar-refractivity contribution in [1.29, 1.82) is 0 Å². The summed E-state index contributed by atoms with van der Waals surface area (Å²) >= 11 is 0. The minimum Gasteiger partial charge on any atom is -0.466 e. The first-order valence-electron chi connectivity index (χ1n) is 7.55. The molecule has 1 aromatic rings. The van der Waals surface area contributed by atoms with Crippen LogP contribution in [0.5, 0.6) is 0 Å². The number of carbonyl (C=O) groups excluding carboxylic acids is 1. The molecule has 1 aromatic carbocycles. The monoisotopic (exact) mass is 294 g/mol. The fourth-order valence-corrected chi connectivity index (χ4v) is 2.18. The quantitative estimate of drug-likeness (QED) is 0.711. The molecule has 4 nitrogen and oxygen atoms in total. The van der Waals surface area contributed by atoms with Gasteiger partial charge in [0.1, 0.15) is 0 Å². The highest BCUT2D eigenvalue weighted by molar-refractivity contribution is 5.70. The van der Waals surface area contributed by atoms with E-state index in [1.165, 1.54) is 0 Å². The van der Waals surface area contributed by atoms with E-state index in [1.54, 1.807) is 6.92 Å². The third kappa shape index (κ3) is 6.27. The number of benzene rings is 1. The van der Waals surface area contributed by atoms with Crippen molar-refractivity contribution in [3.8, 4) is 0 Å². The topological polar surface area (TPSA) is 55.8 Å². The zero-order chi connectivity index (χ0) is 15.7. The molecule has 0 aromatic heterocycles. The molecular weight excluding hydrogens is 268 g/mol. The van der Waals surface area contributed by atoms with Gasteiger partial charge in [-0.2, -0.15) is 0 Å². The van der Waals surface area contributed by atoms with Gasteiger partial charge < -0.3 is 14.6 Å². The van der Waals surface area contributed by atoms with Gasteiger partial charge in [0, 0.05) is 6.61 Å². The minimum atomic E-state index is -0.343. The molecule has 1 N–H and O–H groups in total. The maximum atomic E-state index is 11.8. The molecule has 0 spiro atoms. The van der Waals surface area contributed by atoms with Crippen LogP contribution < -0.4 is 0 Å². The zero-order valence-corrected chi connectivity index (χ0v) is 13.1. The lowest BCUT2D eigenvalue weighted by atomic mass is 10.0. The highest BCUT2D eigenvalue weighted by atomic mass is 16.5. The number of carbonyl (C=O) groups is 1. The second-order valence-electron chi connectivity index (χ2n) is 5.34. The summed E-state index contributed by atoms with van der Waals surface area (Å²) in [5.41, 5.74) is 0.953. The van der Waals surface area contributed by atoms with Crippen molar-refractivity contribution in [3.05, 3.63) is 35.9 Å². The summed E-state index contributed by atoms with van der Waals surface area (Å²) in [7, 11) is 0. The summed E-state index contributed by atoms with van der Waals surface area (Å²) in [6.45, 7) is 6.33. The van der Waals surface area contributed by atoms with Crippen LogP contribution in [0, 0.1) is 5.92 Å². The van der Waals surface area contributed by atoms with Crippen molar-refractivity contribution in [2.45, 2.75) is 45.8 Å². The average molecular weight is 294 g/mol. The van der Waals surface area contributed by atoms with Crippen molar-refractivity contribution in [2.24, 2.45) is 5.92 Å². The van der Waals surface area contributed by atoms with Crippen molar-refractivity contribution in [2.75, 3.05) is 13.2 Å². The van der Waals surface area contributed by atoms with Gasteiger partial charge in [-0.15, -0.1) is 0 Å². The predicted molar refractivity (Wildman–Crippen MR) is 81.8 cm³/mol. The Labute approximate surface area is 127 Å². The van der Waals surface area contributed by atoms with E-state index in [4.69, 9.17) is 14.6 Å². The standard InChI is InChI=1S/C17H26O4/c1-4-20-17(19)12-16(14-8-6-5-7-9-14)21-15(10-11-18)13(2)3/h5-9,13,15-16,18H,4,10-12H2,1-3H3/t15-,16-/m0/s1. The molecule has 0 unspecified atom stereocenters. The van der Waals surface area contributed by atoms with Gasteiger partial charge in [-0.1, -0.05) is 44.2 Å². The Balaban J connectivity index is 2.83. The van der Waals surface area contributed by atoms with Gasteiger partial charge in [-0.3, -0.25) is 4.79 Å². The third-order valence-electron chi connectivity index (χ3n) is 3.32. The van der Waals surface area contributed by atoms with Crippen LogP contribution in [0.3, 0.4) is 0 Å². The largest absolute Gasteiger partial charge is 0.466 e. The number of aliphatic hydroxyl groups excluding tert-OH is 1. The summed E-state index contributed by atoms with van der Waals surface area (Å²) in [6, 6.07) is 9.67. The fraction of sp³-hybridized carbons (Fsp3) is 0.588. The van der Waals surface area contributed by atoms with E-state index in [-0.39, 0.29) is 37.1 Å². The molecule has 0 radical (unpaired) electrons. The Bertz CT molecular complexity index is 403. The van der Waals surface area contributed by atoms with Crippen LogP contribution in [-0.2, 0) is 14.3 Å². The second kappa shape index (κ2) is 9.53. The van der Waals surface area contributed by atoms with Gasteiger partial charge in [0.05, 0.1) is 25.2 Å². The second-order valence-corrected chi connectivity index (χ2v) is 5.34. The first kappa shape index (κ1) is 17.7. The van der Waals surface area contributed by atoms with Crippen LogP contribution in [0.1, 0.15) is 45.3 Å². The molecule has 0 heterocycles. The predicted octanol–water partition coefficient (Wildman–Crippen LogP) is 3.10. The van der Waals surface area contributed by atoms with Crippen LogP contribution in [0.2, 0.25) is 0 Å². The van der Waals surface area contributed by atoms with E-state index in [2.05, 4.69) is 0 Å². The molecule has 21 heavy (non-hydrogen) atoms. The van der Waals surface area contributed by atoms with Gasteiger partial charge in [0.15, 0.2) is 0 Å². The summed E-state index contributed by atoms with van der Waals surface area (Å²) < 4.78 is 11.1. The summed E-state index contributed by atoms with van der Waals surface area (Å²) in [4.78, 5) is 11.8. The third-order valence-corrected chi connectivity index (χ3v) is 3.32. The van der Waals surface area contributed by atoms with Crippen LogP contribution in [0.4, 0.5) is 0 Å². The highest BCUT2D eigenvalue weighted by Gasteiger charge is 2.23. The SMILES string of the molecule is CCOC(=O)C[C@H](O[C@@H](CCO)C(C)C)c1ccccc1. The number of rotatable bonds is 9. The van der Waals surface area contributed by atoms with Gasteiger partial charge in [0.25, 0.3) is 0 Å². The maximum Gasteiger partial charge on any atom is 0.308 e. The molecule has 0 aliphatic carbocycles. The zero-order valence-electron chi connectivity index (χ0n) is 13.1. The summed E-state index contributed by atoms with van der Waals surface area (Å²) in [6.07, 6.45) is 0.315. The van der Waals surface area contributed by atoms with E-state index in [0.29, 0.717) is 13.0 Å². The lowest BCUT2D eigenvalue weighted by Gasteiger charge is -2.27. The smallest absolute Gasteiger partial charge is 0.308 e.